The van der Waals surface area contributed by atoms with Crippen molar-refractivity contribution in [2.24, 2.45) is 4.99 Å². The standard InChI is InChI=1S/C15H34N4O2S.HI/c1-7-16-15(17-12-14(5)19(8-2)9-3)18-13(4)10-11-22(6,20)21;/h13-14H,7-12H2,1-6H3,(H2,16,17,18);1H. The number of rotatable bonds is 10. The molecule has 0 aromatic heterocycles. The minimum absolute atomic E-state index is 0. The van der Waals surface area contributed by atoms with E-state index in [1.54, 1.807) is 0 Å². The van der Waals surface area contributed by atoms with E-state index < -0.39 is 9.84 Å². The van der Waals surface area contributed by atoms with Crippen LogP contribution in [-0.4, -0.2) is 69.5 Å². The Hall–Kier alpha value is -0.0900. The highest BCUT2D eigenvalue weighted by atomic mass is 127. The largest absolute Gasteiger partial charge is 0.357 e. The first-order valence-electron chi connectivity index (χ1n) is 8.20. The quantitative estimate of drug-likeness (QED) is 0.294. The first-order chi connectivity index (χ1) is 10.2. The third kappa shape index (κ3) is 12.9. The molecule has 0 aromatic carbocycles. The normalized spacial score (nSPS) is 15.0. The summed E-state index contributed by atoms with van der Waals surface area (Å²) in [5.74, 6) is 0.943. The number of nitrogens with one attached hydrogen (secondary N) is 2. The molecule has 6 nitrogen and oxygen atoms in total. The van der Waals surface area contributed by atoms with Crippen LogP contribution >= 0.6 is 24.0 Å². The lowest BCUT2D eigenvalue weighted by Gasteiger charge is -2.25. The van der Waals surface area contributed by atoms with Crippen LogP contribution in [0.4, 0.5) is 0 Å². The molecule has 0 aromatic rings. The zero-order valence-electron chi connectivity index (χ0n) is 15.4. The van der Waals surface area contributed by atoms with E-state index in [0.717, 1.165) is 32.1 Å². The van der Waals surface area contributed by atoms with E-state index in [9.17, 15) is 8.42 Å². The summed E-state index contributed by atoms with van der Waals surface area (Å²) in [7, 11) is -2.92. The van der Waals surface area contributed by atoms with Gasteiger partial charge in [0.1, 0.15) is 9.84 Å². The van der Waals surface area contributed by atoms with Gasteiger partial charge in [-0.25, -0.2) is 8.42 Å². The first kappa shape index (κ1) is 25.2. The molecule has 0 saturated carbocycles. The van der Waals surface area contributed by atoms with Gasteiger partial charge in [-0.05, 0) is 40.3 Å². The van der Waals surface area contributed by atoms with Crippen molar-refractivity contribution in [3.63, 3.8) is 0 Å². The Kier molecular flexibility index (Phi) is 14.5. The Labute approximate surface area is 159 Å². The van der Waals surface area contributed by atoms with Crippen LogP contribution in [0.5, 0.6) is 0 Å². The number of sulfone groups is 1. The van der Waals surface area contributed by atoms with Crippen LogP contribution in [0.2, 0.25) is 0 Å². The molecular weight excluding hydrogens is 427 g/mol. The minimum atomic E-state index is -2.92. The molecule has 0 fully saturated rings. The summed E-state index contributed by atoms with van der Waals surface area (Å²) in [4.78, 5) is 6.98. The average molecular weight is 462 g/mol. The molecule has 0 aliphatic carbocycles. The van der Waals surface area contributed by atoms with Gasteiger partial charge in [-0.2, -0.15) is 0 Å². The maximum absolute atomic E-state index is 11.2. The molecule has 0 rings (SSSR count). The predicted molar refractivity (Wildman–Crippen MR) is 111 cm³/mol. The number of hydrogen-bond donors (Lipinski definition) is 2. The van der Waals surface area contributed by atoms with Crippen LogP contribution < -0.4 is 10.6 Å². The van der Waals surface area contributed by atoms with Crippen molar-refractivity contribution in [1.29, 1.82) is 0 Å². The Bertz CT molecular complexity index is 425. The molecule has 0 aliphatic rings. The monoisotopic (exact) mass is 462 g/mol. The van der Waals surface area contributed by atoms with Gasteiger partial charge in [0.2, 0.25) is 0 Å². The minimum Gasteiger partial charge on any atom is -0.357 e. The van der Waals surface area contributed by atoms with E-state index in [1.165, 1.54) is 6.26 Å². The van der Waals surface area contributed by atoms with E-state index in [0.29, 0.717) is 12.5 Å². The van der Waals surface area contributed by atoms with Crippen LogP contribution in [0.25, 0.3) is 0 Å². The number of hydrogen-bond acceptors (Lipinski definition) is 4. The zero-order chi connectivity index (χ0) is 17.2. The number of likely N-dealkylation sites (N-methyl/N-ethyl adjacent to an activating group) is 1. The third-order valence-electron chi connectivity index (χ3n) is 3.60. The lowest BCUT2D eigenvalue weighted by Crippen LogP contribution is -2.44. The Balaban J connectivity index is 0. The molecule has 140 valence electrons. The maximum atomic E-state index is 11.2. The molecule has 0 saturated heterocycles. The summed E-state index contributed by atoms with van der Waals surface area (Å²) in [6.45, 7) is 14.0. The van der Waals surface area contributed by atoms with E-state index in [4.69, 9.17) is 0 Å². The molecule has 23 heavy (non-hydrogen) atoms. The van der Waals surface area contributed by atoms with Gasteiger partial charge < -0.3 is 10.6 Å². The van der Waals surface area contributed by atoms with Gasteiger partial charge >= 0.3 is 0 Å². The topological polar surface area (TPSA) is 73.8 Å². The van der Waals surface area contributed by atoms with Crippen molar-refractivity contribution < 1.29 is 8.42 Å². The third-order valence-corrected chi connectivity index (χ3v) is 4.58. The Morgan fingerprint density at radius 2 is 1.74 bits per heavy atom. The van der Waals surface area contributed by atoms with Crippen molar-refractivity contribution in [3.8, 4) is 0 Å². The van der Waals surface area contributed by atoms with E-state index in [2.05, 4.69) is 41.3 Å². The number of aliphatic imine (C=N–C) groups is 1. The van der Waals surface area contributed by atoms with E-state index in [-0.39, 0.29) is 35.8 Å². The molecule has 0 bridgehead atoms. The fraction of sp³-hybridized carbons (Fsp3) is 0.933. The number of nitrogens with zero attached hydrogens (tertiary/aromatic N) is 2. The molecule has 0 spiro atoms. The fourth-order valence-corrected chi connectivity index (χ4v) is 2.98. The Morgan fingerprint density at radius 3 is 2.17 bits per heavy atom. The molecule has 2 atom stereocenters. The molecule has 2 N–H and O–H groups in total. The van der Waals surface area contributed by atoms with Crippen LogP contribution in [0.15, 0.2) is 4.99 Å². The van der Waals surface area contributed by atoms with Gasteiger partial charge in [0, 0.05) is 24.9 Å². The number of halogens is 1. The lowest BCUT2D eigenvalue weighted by molar-refractivity contribution is 0.237. The molecule has 8 heteroatoms. The van der Waals surface area contributed by atoms with Crippen LogP contribution in [0.1, 0.15) is 41.0 Å². The lowest BCUT2D eigenvalue weighted by atomic mass is 10.2. The highest BCUT2D eigenvalue weighted by molar-refractivity contribution is 14.0. The summed E-state index contributed by atoms with van der Waals surface area (Å²) in [5, 5.41) is 6.49. The van der Waals surface area contributed by atoms with Crippen molar-refractivity contribution in [3.05, 3.63) is 0 Å². The SMILES string of the molecule is CCNC(=NCC(C)N(CC)CC)NC(C)CCS(C)(=O)=O.I. The smallest absolute Gasteiger partial charge is 0.191 e. The van der Waals surface area contributed by atoms with Gasteiger partial charge in [-0.3, -0.25) is 9.89 Å². The fourth-order valence-electron chi connectivity index (χ4n) is 2.20. The predicted octanol–water partition coefficient (Wildman–Crippen LogP) is 1.71. The van der Waals surface area contributed by atoms with Crippen LogP contribution in [0, 0.1) is 0 Å². The van der Waals surface area contributed by atoms with Gasteiger partial charge in [0.25, 0.3) is 0 Å². The second-order valence-corrected chi connectivity index (χ2v) is 8.01. The highest BCUT2D eigenvalue weighted by Crippen LogP contribution is 1.99. The first-order valence-corrected chi connectivity index (χ1v) is 10.3. The molecule has 0 heterocycles. The van der Waals surface area contributed by atoms with Crippen LogP contribution in [0.3, 0.4) is 0 Å². The van der Waals surface area contributed by atoms with Crippen molar-refractivity contribution in [2.75, 3.05) is 38.2 Å². The molecular formula is C15H35IN4O2S. The van der Waals surface area contributed by atoms with Crippen molar-refractivity contribution >= 4 is 39.8 Å². The van der Waals surface area contributed by atoms with Crippen LogP contribution in [-0.2, 0) is 9.84 Å². The van der Waals surface area contributed by atoms with Gasteiger partial charge in [0.15, 0.2) is 5.96 Å². The second kappa shape index (κ2) is 13.2. The van der Waals surface area contributed by atoms with Crippen molar-refractivity contribution in [2.45, 2.75) is 53.1 Å². The zero-order valence-corrected chi connectivity index (χ0v) is 18.6. The van der Waals surface area contributed by atoms with E-state index >= 15 is 0 Å². The Morgan fingerprint density at radius 1 is 1.17 bits per heavy atom. The second-order valence-electron chi connectivity index (χ2n) is 5.75. The van der Waals surface area contributed by atoms with E-state index in [1.807, 2.05) is 13.8 Å². The molecule has 0 amide bonds. The van der Waals surface area contributed by atoms with Gasteiger partial charge in [-0.15, -0.1) is 24.0 Å². The number of guanidine groups is 1. The van der Waals surface area contributed by atoms with Gasteiger partial charge in [-0.1, -0.05) is 13.8 Å². The highest BCUT2D eigenvalue weighted by Gasteiger charge is 2.12. The molecule has 0 aliphatic heterocycles. The summed E-state index contributed by atoms with van der Waals surface area (Å²) in [6.07, 6.45) is 1.85. The molecule has 2 unspecified atom stereocenters. The summed E-state index contributed by atoms with van der Waals surface area (Å²) in [6, 6.07) is 0.452. The molecule has 0 radical (unpaired) electrons. The maximum Gasteiger partial charge on any atom is 0.191 e. The summed E-state index contributed by atoms with van der Waals surface area (Å²) < 4.78 is 22.4. The average Bonchev–Trinajstić information content (AvgIpc) is 2.43. The summed E-state index contributed by atoms with van der Waals surface area (Å²) in [5.41, 5.74) is 0. The van der Waals surface area contributed by atoms with Gasteiger partial charge in [0.05, 0.1) is 12.3 Å². The summed E-state index contributed by atoms with van der Waals surface area (Å²) >= 11 is 0. The van der Waals surface area contributed by atoms with Crippen molar-refractivity contribution in [1.82, 2.24) is 15.5 Å².